The predicted molar refractivity (Wildman–Crippen MR) is 71.6 cm³/mol. The van der Waals surface area contributed by atoms with Crippen LogP contribution in [0, 0.1) is 17.6 Å². The van der Waals surface area contributed by atoms with Gasteiger partial charge in [-0.2, -0.15) is 0 Å². The van der Waals surface area contributed by atoms with Crippen LogP contribution >= 0.6 is 0 Å². The Morgan fingerprint density at radius 1 is 1.30 bits per heavy atom. The number of rotatable bonds is 2. The van der Waals surface area contributed by atoms with Crippen LogP contribution in [0.2, 0.25) is 0 Å². The van der Waals surface area contributed by atoms with Crippen molar-refractivity contribution in [1.29, 1.82) is 0 Å². The predicted octanol–water partition coefficient (Wildman–Crippen LogP) is 2.86. The normalized spacial score (nSPS) is 24.1. The Balaban J connectivity index is 2.35. The van der Waals surface area contributed by atoms with Crippen LogP contribution in [-0.2, 0) is 4.79 Å². The van der Waals surface area contributed by atoms with Gasteiger partial charge in [0.15, 0.2) is 0 Å². The zero-order valence-electron chi connectivity index (χ0n) is 11.9. The van der Waals surface area contributed by atoms with Crippen molar-refractivity contribution in [2.75, 3.05) is 13.1 Å². The van der Waals surface area contributed by atoms with Crippen molar-refractivity contribution >= 4 is 5.97 Å². The van der Waals surface area contributed by atoms with Crippen molar-refractivity contribution in [2.24, 2.45) is 5.92 Å². The Kier molecular flexibility index (Phi) is 3.82. The number of benzene rings is 1. The maximum absolute atomic E-state index is 13.9. The van der Waals surface area contributed by atoms with Crippen LogP contribution in [0.1, 0.15) is 32.3 Å². The van der Waals surface area contributed by atoms with Crippen LogP contribution in [0.5, 0.6) is 0 Å². The fourth-order valence-electron chi connectivity index (χ4n) is 2.72. The monoisotopic (exact) mass is 283 g/mol. The van der Waals surface area contributed by atoms with Gasteiger partial charge in [-0.05, 0) is 32.4 Å². The molecular weight excluding hydrogens is 264 g/mol. The summed E-state index contributed by atoms with van der Waals surface area (Å²) in [6, 6.07) is 3.35. The van der Waals surface area contributed by atoms with E-state index in [2.05, 4.69) is 0 Å². The van der Waals surface area contributed by atoms with Crippen molar-refractivity contribution in [3.63, 3.8) is 0 Å². The summed E-state index contributed by atoms with van der Waals surface area (Å²) in [5, 5.41) is 9.35. The minimum atomic E-state index is -0.939. The molecule has 1 aromatic carbocycles. The average molecular weight is 283 g/mol. The Morgan fingerprint density at radius 2 is 1.95 bits per heavy atom. The third-order valence-corrected chi connectivity index (χ3v) is 3.95. The Labute approximate surface area is 117 Å². The van der Waals surface area contributed by atoms with Gasteiger partial charge >= 0.3 is 5.97 Å². The molecule has 110 valence electrons. The first-order valence-corrected chi connectivity index (χ1v) is 6.63. The lowest BCUT2D eigenvalue weighted by Crippen LogP contribution is -2.40. The molecule has 1 saturated heterocycles. The summed E-state index contributed by atoms with van der Waals surface area (Å²) in [6.45, 7) is 6.82. The highest BCUT2D eigenvalue weighted by Gasteiger charge is 2.42. The van der Waals surface area contributed by atoms with E-state index in [1.807, 2.05) is 25.7 Å². The number of aliphatic carboxylic acids is 1. The molecule has 5 heteroatoms. The van der Waals surface area contributed by atoms with Crippen molar-refractivity contribution in [3.05, 3.63) is 35.4 Å². The fourth-order valence-corrected chi connectivity index (χ4v) is 2.72. The lowest BCUT2D eigenvalue weighted by molar-refractivity contribution is -0.141. The van der Waals surface area contributed by atoms with E-state index >= 15 is 0 Å². The molecule has 1 aliphatic rings. The minimum Gasteiger partial charge on any atom is -0.481 e. The number of hydrogen-bond donors (Lipinski definition) is 1. The summed E-state index contributed by atoms with van der Waals surface area (Å²) in [7, 11) is 0. The summed E-state index contributed by atoms with van der Waals surface area (Å²) >= 11 is 0. The molecule has 0 saturated carbocycles. The second-order valence-electron chi connectivity index (χ2n) is 6.29. The van der Waals surface area contributed by atoms with Crippen molar-refractivity contribution < 1.29 is 18.7 Å². The molecule has 2 atom stereocenters. The standard InChI is InChI=1S/C15H19F2NO2/c1-15(2,3)18-7-11(12(8-18)14(19)20)10-5-4-9(16)6-13(10)17/h4-6,11-12H,7-8H2,1-3H3,(H,19,20)/t11?,12-/m1/s1. The third kappa shape index (κ3) is 2.82. The van der Waals surface area contributed by atoms with E-state index in [-0.39, 0.29) is 11.1 Å². The fraction of sp³-hybridized carbons (Fsp3) is 0.533. The number of carboxylic acid groups (broad SMARTS) is 1. The highest BCUT2D eigenvalue weighted by molar-refractivity contribution is 5.72. The lowest BCUT2D eigenvalue weighted by Gasteiger charge is -2.31. The zero-order chi connectivity index (χ0) is 15.1. The van der Waals surface area contributed by atoms with Gasteiger partial charge in [-0.1, -0.05) is 6.07 Å². The van der Waals surface area contributed by atoms with Gasteiger partial charge in [0.25, 0.3) is 0 Å². The number of hydrogen-bond acceptors (Lipinski definition) is 2. The quantitative estimate of drug-likeness (QED) is 0.907. The molecule has 0 aromatic heterocycles. The first-order chi connectivity index (χ1) is 9.20. The summed E-state index contributed by atoms with van der Waals surface area (Å²) < 4.78 is 26.9. The smallest absolute Gasteiger partial charge is 0.308 e. The molecule has 1 N–H and O–H groups in total. The van der Waals surface area contributed by atoms with E-state index in [1.54, 1.807) is 0 Å². The van der Waals surface area contributed by atoms with Gasteiger partial charge in [-0.25, -0.2) is 8.78 Å². The van der Waals surface area contributed by atoms with Crippen LogP contribution in [0.25, 0.3) is 0 Å². The van der Waals surface area contributed by atoms with Crippen molar-refractivity contribution in [2.45, 2.75) is 32.2 Å². The molecule has 1 heterocycles. The SMILES string of the molecule is CC(C)(C)N1CC(c2ccc(F)cc2F)[C@H](C(=O)O)C1. The van der Waals surface area contributed by atoms with E-state index in [4.69, 9.17) is 0 Å². The van der Waals surface area contributed by atoms with Crippen molar-refractivity contribution in [3.8, 4) is 0 Å². The Morgan fingerprint density at radius 3 is 2.45 bits per heavy atom. The molecule has 20 heavy (non-hydrogen) atoms. The Bertz CT molecular complexity index is 525. The van der Waals surface area contributed by atoms with Crippen LogP contribution in [0.3, 0.4) is 0 Å². The molecule has 2 rings (SSSR count). The van der Waals surface area contributed by atoms with Gasteiger partial charge in [-0.3, -0.25) is 9.69 Å². The van der Waals surface area contributed by atoms with Gasteiger partial charge < -0.3 is 5.11 Å². The van der Waals surface area contributed by atoms with E-state index in [0.717, 1.165) is 6.07 Å². The Hall–Kier alpha value is -1.49. The zero-order valence-corrected chi connectivity index (χ0v) is 11.9. The lowest BCUT2D eigenvalue weighted by atomic mass is 9.88. The summed E-state index contributed by atoms with van der Waals surface area (Å²) in [5.74, 6) is -3.38. The first kappa shape index (κ1) is 14.9. The number of carboxylic acids is 1. The number of nitrogens with zero attached hydrogens (tertiary/aromatic N) is 1. The van der Waals surface area contributed by atoms with Crippen LogP contribution in [-0.4, -0.2) is 34.6 Å². The maximum atomic E-state index is 13.9. The van der Waals surface area contributed by atoms with Gasteiger partial charge in [0.05, 0.1) is 5.92 Å². The number of halogens is 2. The second kappa shape index (κ2) is 5.13. The van der Waals surface area contributed by atoms with Gasteiger partial charge in [0, 0.05) is 30.6 Å². The molecule has 1 fully saturated rings. The first-order valence-electron chi connectivity index (χ1n) is 6.63. The molecule has 0 bridgehead atoms. The average Bonchev–Trinajstić information content (AvgIpc) is 2.73. The number of likely N-dealkylation sites (tertiary alicyclic amines) is 1. The van der Waals surface area contributed by atoms with Crippen LogP contribution < -0.4 is 0 Å². The summed E-state index contributed by atoms with van der Waals surface area (Å²) in [5.41, 5.74) is 0.101. The molecule has 0 amide bonds. The highest BCUT2D eigenvalue weighted by atomic mass is 19.1. The third-order valence-electron chi connectivity index (χ3n) is 3.95. The maximum Gasteiger partial charge on any atom is 0.308 e. The van der Waals surface area contributed by atoms with Gasteiger partial charge in [0.1, 0.15) is 11.6 Å². The molecule has 1 aliphatic heterocycles. The summed E-state index contributed by atoms with van der Waals surface area (Å²) in [6.07, 6.45) is 0. The molecule has 3 nitrogen and oxygen atoms in total. The van der Waals surface area contributed by atoms with E-state index in [0.29, 0.717) is 13.1 Å². The van der Waals surface area contributed by atoms with Crippen LogP contribution in [0.4, 0.5) is 8.78 Å². The number of carbonyl (C=O) groups is 1. The molecule has 0 aliphatic carbocycles. The largest absolute Gasteiger partial charge is 0.481 e. The molecule has 0 radical (unpaired) electrons. The van der Waals surface area contributed by atoms with Crippen LogP contribution in [0.15, 0.2) is 18.2 Å². The van der Waals surface area contributed by atoms with Gasteiger partial charge in [0.2, 0.25) is 0 Å². The molecular formula is C15H19F2NO2. The van der Waals surface area contributed by atoms with E-state index < -0.39 is 29.4 Å². The molecule has 1 unspecified atom stereocenters. The van der Waals surface area contributed by atoms with Crippen molar-refractivity contribution in [1.82, 2.24) is 4.90 Å². The highest BCUT2D eigenvalue weighted by Crippen LogP contribution is 2.37. The second-order valence-corrected chi connectivity index (χ2v) is 6.29. The van der Waals surface area contributed by atoms with E-state index in [9.17, 15) is 18.7 Å². The topological polar surface area (TPSA) is 40.5 Å². The molecule has 1 aromatic rings. The van der Waals surface area contributed by atoms with Gasteiger partial charge in [-0.15, -0.1) is 0 Å². The molecule has 0 spiro atoms. The van der Waals surface area contributed by atoms with E-state index in [1.165, 1.54) is 12.1 Å². The minimum absolute atomic E-state index is 0.182. The summed E-state index contributed by atoms with van der Waals surface area (Å²) in [4.78, 5) is 13.4.